The van der Waals surface area contributed by atoms with Crippen LogP contribution in [-0.4, -0.2) is 55.8 Å². The first-order chi connectivity index (χ1) is 14.1. The topological polar surface area (TPSA) is 58.0 Å². The van der Waals surface area contributed by atoms with E-state index in [4.69, 9.17) is 17.0 Å². The minimum atomic E-state index is 0.0615. The summed E-state index contributed by atoms with van der Waals surface area (Å²) in [4.78, 5) is 15.9. The number of para-hydroxylation sites is 1. The highest BCUT2D eigenvalue weighted by molar-refractivity contribution is 7.80. The summed E-state index contributed by atoms with van der Waals surface area (Å²) in [6.45, 7) is 5.97. The van der Waals surface area contributed by atoms with Gasteiger partial charge in [-0.05, 0) is 42.4 Å². The molecule has 0 radical (unpaired) electrons. The van der Waals surface area contributed by atoms with E-state index in [-0.39, 0.29) is 5.91 Å². The van der Waals surface area contributed by atoms with Gasteiger partial charge in [0.2, 0.25) is 0 Å². The smallest absolute Gasteiger partial charge is 0.279 e. The maximum Gasteiger partial charge on any atom is 0.279 e. The molecule has 1 fully saturated rings. The van der Waals surface area contributed by atoms with E-state index in [1.54, 1.807) is 7.11 Å². The fraction of sp³-hybridized carbons (Fsp3) is 0.364. The Balaban J connectivity index is 1.46. The summed E-state index contributed by atoms with van der Waals surface area (Å²) in [5.74, 6) is 0.856. The fourth-order valence-electron chi connectivity index (χ4n) is 3.48. The highest BCUT2D eigenvalue weighted by atomic mass is 32.1. The number of anilines is 2. The van der Waals surface area contributed by atoms with Crippen LogP contribution in [0.5, 0.6) is 5.75 Å². The summed E-state index contributed by atoms with van der Waals surface area (Å²) < 4.78 is 5.25. The number of piperazine rings is 1. The Morgan fingerprint density at radius 3 is 2.62 bits per heavy atom. The lowest BCUT2D eigenvalue weighted by molar-refractivity contribution is -0.895. The Hall–Kier alpha value is -2.64. The zero-order valence-corrected chi connectivity index (χ0v) is 17.8. The predicted molar refractivity (Wildman–Crippen MR) is 121 cm³/mol. The van der Waals surface area contributed by atoms with E-state index < -0.39 is 0 Å². The van der Waals surface area contributed by atoms with E-state index in [9.17, 15) is 4.79 Å². The maximum absolute atomic E-state index is 12.5. The van der Waals surface area contributed by atoms with Crippen molar-refractivity contribution >= 4 is 34.6 Å². The van der Waals surface area contributed by atoms with Gasteiger partial charge in [0.05, 0.1) is 33.3 Å². The summed E-state index contributed by atoms with van der Waals surface area (Å²) in [6, 6.07) is 15.7. The van der Waals surface area contributed by atoms with Crippen LogP contribution in [0.3, 0.4) is 0 Å². The van der Waals surface area contributed by atoms with Crippen molar-refractivity contribution in [1.29, 1.82) is 0 Å². The molecule has 0 aliphatic carbocycles. The lowest BCUT2D eigenvalue weighted by Crippen LogP contribution is -3.15. The predicted octanol–water partition coefficient (Wildman–Crippen LogP) is 1.79. The van der Waals surface area contributed by atoms with Crippen LogP contribution >= 0.6 is 12.2 Å². The first-order valence-electron chi connectivity index (χ1n) is 10.0. The molecule has 29 heavy (non-hydrogen) atoms. The van der Waals surface area contributed by atoms with E-state index in [1.807, 2.05) is 42.5 Å². The van der Waals surface area contributed by atoms with Gasteiger partial charge >= 0.3 is 0 Å². The number of thiocarbonyl (C=S) groups is 1. The molecule has 2 aromatic carbocycles. The minimum absolute atomic E-state index is 0.0615. The molecule has 1 amide bonds. The second-order valence-corrected chi connectivity index (χ2v) is 7.52. The molecule has 1 heterocycles. The summed E-state index contributed by atoms with van der Waals surface area (Å²) in [7, 11) is 1.65. The Morgan fingerprint density at radius 2 is 1.90 bits per heavy atom. The summed E-state index contributed by atoms with van der Waals surface area (Å²) in [5.41, 5.74) is 2.99. The number of benzene rings is 2. The van der Waals surface area contributed by atoms with Crippen molar-refractivity contribution in [2.75, 3.05) is 50.5 Å². The van der Waals surface area contributed by atoms with Crippen molar-refractivity contribution in [3.05, 3.63) is 54.1 Å². The number of hydrogen-bond acceptors (Lipinski definition) is 3. The maximum atomic E-state index is 12.5. The number of aryl methyl sites for hydroxylation is 1. The van der Waals surface area contributed by atoms with E-state index in [0.717, 1.165) is 55.3 Å². The van der Waals surface area contributed by atoms with Gasteiger partial charge in [0.15, 0.2) is 11.7 Å². The van der Waals surface area contributed by atoms with Crippen molar-refractivity contribution in [3.63, 3.8) is 0 Å². The molecule has 0 spiro atoms. The van der Waals surface area contributed by atoms with Crippen molar-refractivity contribution in [2.24, 2.45) is 0 Å². The average molecular weight is 414 g/mol. The van der Waals surface area contributed by atoms with E-state index in [0.29, 0.717) is 11.7 Å². The molecule has 0 saturated carbocycles. The van der Waals surface area contributed by atoms with Crippen LogP contribution in [0.15, 0.2) is 48.5 Å². The van der Waals surface area contributed by atoms with E-state index in [2.05, 4.69) is 28.5 Å². The number of ether oxygens (including phenoxy) is 1. The molecule has 3 rings (SSSR count). The second-order valence-electron chi connectivity index (χ2n) is 7.13. The Labute approximate surface area is 177 Å². The van der Waals surface area contributed by atoms with Crippen molar-refractivity contribution in [1.82, 2.24) is 4.90 Å². The normalized spacial score (nSPS) is 14.3. The molecule has 1 aliphatic heterocycles. The van der Waals surface area contributed by atoms with Crippen LogP contribution in [-0.2, 0) is 11.2 Å². The van der Waals surface area contributed by atoms with Gasteiger partial charge < -0.3 is 25.2 Å². The molecule has 0 bridgehead atoms. The molecule has 1 saturated heterocycles. The monoisotopic (exact) mass is 413 g/mol. The molecule has 0 unspecified atom stereocenters. The zero-order valence-electron chi connectivity index (χ0n) is 17.0. The standard InChI is InChI=1S/C22H28N4O2S/c1-3-17-7-4-5-10-20(17)24-21(27)16-25-11-13-26(14-12-25)22(29)23-18-8-6-9-19(15-18)28-2/h4-10,15H,3,11-14,16H2,1-2H3,(H,23,29)(H,24,27)/p+1. The number of nitrogens with one attached hydrogen (secondary N) is 3. The number of nitrogens with zero attached hydrogens (tertiary/aromatic N) is 1. The van der Waals surface area contributed by atoms with E-state index >= 15 is 0 Å². The number of methoxy groups -OCH3 is 1. The average Bonchev–Trinajstić information content (AvgIpc) is 2.74. The minimum Gasteiger partial charge on any atom is -0.497 e. The number of carbonyl (C=O) groups is 1. The number of hydrogen-bond donors (Lipinski definition) is 3. The van der Waals surface area contributed by atoms with E-state index in [1.165, 1.54) is 4.90 Å². The van der Waals surface area contributed by atoms with Crippen LogP contribution in [0.4, 0.5) is 11.4 Å². The molecule has 0 atom stereocenters. The summed E-state index contributed by atoms with van der Waals surface area (Å²) in [5, 5.41) is 7.05. The molecular weight excluding hydrogens is 384 g/mol. The summed E-state index contributed by atoms with van der Waals surface area (Å²) in [6.07, 6.45) is 0.902. The van der Waals surface area contributed by atoms with Gasteiger partial charge in [-0.3, -0.25) is 4.79 Å². The number of carbonyl (C=O) groups excluding carboxylic acids is 1. The van der Waals surface area contributed by atoms with Gasteiger partial charge in [-0.25, -0.2) is 0 Å². The Kier molecular flexibility index (Phi) is 7.43. The summed E-state index contributed by atoms with van der Waals surface area (Å²) >= 11 is 5.56. The first-order valence-corrected chi connectivity index (χ1v) is 10.4. The van der Waals surface area contributed by atoms with Crippen molar-refractivity contribution in [2.45, 2.75) is 13.3 Å². The third-order valence-electron chi connectivity index (χ3n) is 5.16. The largest absolute Gasteiger partial charge is 0.497 e. The molecule has 2 aromatic rings. The lowest BCUT2D eigenvalue weighted by atomic mass is 10.1. The number of quaternary nitrogens is 1. The third-order valence-corrected chi connectivity index (χ3v) is 5.52. The highest BCUT2D eigenvalue weighted by Gasteiger charge is 2.24. The fourth-order valence-corrected chi connectivity index (χ4v) is 3.78. The number of rotatable bonds is 6. The Morgan fingerprint density at radius 1 is 1.14 bits per heavy atom. The van der Waals surface area contributed by atoms with Gasteiger partial charge in [0, 0.05) is 17.4 Å². The van der Waals surface area contributed by atoms with Gasteiger partial charge in [-0.2, -0.15) is 0 Å². The zero-order chi connectivity index (χ0) is 20.6. The molecular formula is C22H29N4O2S+. The molecule has 3 N–H and O–H groups in total. The molecule has 6 nitrogen and oxygen atoms in total. The Bertz CT molecular complexity index is 850. The van der Waals surface area contributed by atoms with Crippen LogP contribution < -0.4 is 20.3 Å². The molecule has 0 aromatic heterocycles. The van der Waals surface area contributed by atoms with Gasteiger partial charge in [0.25, 0.3) is 5.91 Å². The van der Waals surface area contributed by atoms with Crippen LogP contribution in [0.2, 0.25) is 0 Å². The van der Waals surface area contributed by atoms with Crippen LogP contribution in [0.25, 0.3) is 0 Å². The number of amides is 1. The first kappa shape index (κ1) is 21.1. The molecule has 1 aliphatic rings. The highest BCUT2D eigenvalue weighted by Crippen LogP contribution is 2.17. The SMILES string of the molecule is CCc1ccccc1NC(=O)C[NH+]1CCN(C(=S)Nc2cccc(OC)c2)CC1. The van der Waals surface area contributed by atoms with Crippen molar-refractivity contribution < 1.29 is 14.4 Å². The third kappa shape index (κ3) is 5.92. The molecule has 154 valence electrons. The van der Waals surface area contributed by atoms with Crippen LogP contribution in [0.1, 0.15) is 12.5 Å². The quantitative estimate of drug-likeness (QED) is 0.631. The van der Waals surface area contributed by atoms with Crippen molar-refractivity contribution in [3.8, 4) is 5.75 Å². The molecule has 7 heteroatoms. The van der Waals surface area contributed by atoms with Gasteiger partial charge in [0.1, 0.15) is 5.75 Å². The second kappa shape index (κ2) is 10.2. The van der Waals surface area contributed by atoms with Gasteiger partial charge in [-0.1, -0.05) is 31.2 Å². The van der Waals surface area contributed by atoms with Crippen LogP contribution in [0, 0.1) is 0 Å². The lowest BCUT2D eigenvalue weighted by Gasteiger charge is -2.33. The van der Waals surface area contributed by atoms with Gasteiger partial charge in [-0.15, -0.1) is 0 Å².